The summed E-state index contributed by atoms with van der Waals surface area (Å²) in [4.78, 5) is 11.2. The highest BCUT2D eigenvalue weighted by molar-refractivity contribution is 5.75. The Labute approximate surface area is 87.8 Å². The number of nitrogens with one attached hydrogen (secondary N) is 1. The summed E-state index contributed by atoms with van der Waals surface area (Å²) >= 11 is 0. The zero-order valence-electron chi connectivity index (χ0n) is 10.2. The average Bonchev–Trinajstić information content (AvgIpc) is 1.95. The first-order valence-electron chi connectivity index (χ1n) is 5.28. The van der Waals surface area contributed by atoms with Crippen molar-refractivity contribution >= 4 is 5.91 Å². The molecule has 0 unspecified atom stereocenters. The lowest BCUT2D eigenvalue weighted by atomic mass is 9.89. The summed E-state index contributed by atoms with van der Waals surface area (Å²) in [5, 5.41) is 1.69. The Hall–Kier alpha value is -0.570. The van der Waals surface area contributed by atoms with E-state index in [2.05, 4.69) is 26.2 Å². The number of rotatable bonds is 5. The maximum absolute atomic E-state index is 11.2. The molecule has 3 heteroatoms. The van der Waals surface area contributed by atoms with E-state index in [1.807, 2.05) is 14.1 Å². The molecule has 0 aliphatic heterocycles. The number of carbonyl (C=O) groups is 1. The van der Waals surface area contributed by atoms with E-state index in [0.717, 1.165) is 12.8 Å². The minimum atomic E-state index is 0.115. The molecule has 0 rings (SSSR count). The highest BCUT2D eigenvalue weighted by atomic mass is 16.2. The number of carbonyl (C=O) groups excluding carboxylic acids is 1. The Morgan fingerprint density at radius 1 is 1.21 bits per heavy atom. The molecular weight excluding hydrogens is 176 g/mol. The van der Waals surface area contributed by atoms with Gasteiger partial charge in [-0.25, -0.2) is 5.01 Å². The molecule has 0 atom stereocenters. The lowest BCUT2D eigenvalue weighted by molar-refractivity contribution is -0.124. The van der Waals surface area contributed by atoms with E-state index in [1.54, 1.807) is 5.01 Å². The monoisotopic (exact) mass is 200 g/mol. The molecular formula is C11H24N2O. The molecule has 3 nitrogen and oxygen atoms in total. The van der Waals surface area contributed by atoms with Crippen LogP contribution in [0.2, 0.25) is 0 Å². The summed E-state index contributed by atoms with van der Waals surface area (Å²) in [6.45, 7) is 6.69. The zero-order valence-corrected chi connectivity index (χ0v) is 10.2. The van der Waals surface area contributed by atoms with Gasteiger partial charge in [0.1, 0.15) is 0 Å². The third-order valence-electron chi connectivity index (χ3n) is 1.93. The van der Waals surface area contributed by atoms with Crippen LogP contribution in [0.15, 0.2) is 0 Å². The van der Waals surface area contributed by atoms with Crippen molar-refractivity contribution < 1.29 is 4.79 Å². The van der Waals surface area contributed by atoms with Gasteiger partial charge in [0.15, 0.2) is 0 Å². The quantitative estimate of drug-likeness (QED) is 0.545. The third kappa shape index (κ3) is 9.52. The second kappa shape index (κ2) is 6.02. The van der Waals surface area contributed by atoms with Crippen molar-refractivity contribution in [2.24, 2.45) is 5.41 Å². The topological polar surface area (TPSA) is 32.3 Å². The molecule has 0 aromatic heterocycles. The summed E-state index contributed by atoms with van der Waals surface area (Å²) in [5.41, 5.74) is 3.12. The second-order valence-corrected chi connectivity index (χ2v) is 5.20. The minimum Gasteiger partial charge on any atom is -0.289 e. The van der Waals surface area contributed by atoms with Gasteiger partial charge in [0.25, 0.3) is 0 Å². The van der Waals surface area contributed by atoms with Crippen LogP contribution < -0.4 is 5.43 Å². The molecule has 0 aromatic rings. The molecule has 0 spiro atoms. The highest BCUT2D eigenvalue weighted by Gasteiger charge is 2.09. The van der Waals surface area contributed by atoms with E-state index in [-0.39, 0.29) is 5.91 Å². The van der Waals surface area contributed by atoms with Crippen molar-refractivity contribution in [3.63, 3.8) is 0 Å². The Bertz CT molecular complexity index is 171. The lowest BCUT2D eigenvalue weighted by Crippen LogP contribution is -2.35. The number of nitrogens with zero attached hydrogens (tertiary/aromatic N) is 1. The van der Waals surface area contributed by atoms with Crippen molar-refractivity contribution in [1.82, 2.24) is 10.4 Å². The van der Waals surface area contributed by atoms with Crippen LogP contribution in [0.4, 0.5) is 0 Å². The van der Waals surface area contributed by atoms with E-state index < -0.39 is 0 Å². The van der Waals surface area contributed by atoms with Crippen molar-refractivity contribution in [3.8, 4) is 0 Å². The van der Waals surface area contributed by atoms with Gasteiger partial charge in [-0.3, -0.25) is 10.2 Å². The molecule has 0 aliphatic carbocycles. The van der Waals surface area contributed by atoms with Gasteiger partial charge >= 0.3 is 0 Å². The summed E-state index contributed by atoms with van der Waals surface area (Å²) in [6, 6.07) is 0. The van der Waals surface area contributed by atoms with E-state index in [1.165, 1.54) is 6.42 Å². The molecule has 14 heavy (non-hydrogen) atoms. The van der Waals surface area contributed by atoms with E-state index in [9.17, 15) is 4.79 Å². The Balaban J connectivity index is 3.41. The van der Waals surface area contributed by atoms with Gasteiger partial charge in [-0.15, -0.1) is 0 Å². The summed E-state index contributed by atoms with van der Waals surface area (Å²) in [7, 11) is 3.65. The zero-order chi connectivity index (χ0) is 11.2. The fourth-order valence-electron chi connectivity index (χ4n) is 1.25. The fraction of sp³-hybridized carbons (Fsp3) is 0.909. The fourth-order valence-corrected chi connectivity index (χ4v) is 1.25. The average molecular weight is 200 g/mol. The summed E-state index contributed by atoms with van der Waals surface area (Å²) in [6.07, 6.45) is 3.93. The Morgan fingerprint density at radius 2 is 1.79 bits per heavy atom. The van der Waals surface area contributed by atoms with E-state index in [0.29, 0.717) is 11.8 Å². The Morgan fingerprint density at radius 3 is 2.21 bits per heavy atom. The maximum Gasteiger partial charge on any atom is 0.234 e. The highest BCUT2D eigenvalue weighted by Crippen LogP contribution is 2.21. The summed E-state index contributed by atoms with van der Waals surface area (Å²) in [5.74, 6) is 0.115. The van der Waals surface area contributed by atoms with Crippen LogP contribution in [0.25, 0.3) is 0 Å². The second-order valence-electron chi connectivity index (χ2n) is 5.20. The third-order valence-corrected chi connectivity index (χ3v) is 1.93. The van der Waals surface area contributed by atoms with Crippen molar-refractivity contribution in [2.45, 2.75) is 46.5 Å². The number of unbranched alkanes of at least 4 members (excludes halogenated alkanes) is 1. The van der Waals surface area contributed by atoms with Crippen LogP contribution >= 0.6 is 0 Å². The van der Waals surface area contributed by atoms with Crippen LogP contribution in [0.3, 0.4) is 0 Å². The van der Waals surface area contributed by atoms with Crippen molar-refractivity contribution in [3.05, 3.63) is 0 Å². The van der Waals surface area contributed by atoms with Gasteiger partial charge in [-0.1, -0.05) is 27.2 Å². The van der Waals surface area contributed by atoms with Gasteiger partial charge in [0.05, 0.1) is 0 Å². The normalized spacial score (nSPS) is 11.9. The van der Waals surface area contributed by atoms with E-state index in [4.69, 9.17) is 0 Å². The maximum atomic E-state index is 11.2. The first-order chi connectivity index (χ1) is 6.31. The summed E-state index contributed by atoms with van der Waals surface area (Å²) < 4.78 is 0. The smallest absolute Gasteiger partial charge is 0.234 e. The first kappa shape index (κ1) is 13.4. The Kier molecular flexibility index (Phi) is 5.77. The van der Waals surface area contributed by atoms with Crippen LogP contribution in [0.1, 0.15) is 46.5 Å². The number of hydrogen-bond acceptors (Lipinski definition) is 2. The van der Waals surface area contributed by atoms with Crippen LogP contribution in [0.5, 0.6) is 0 Å². The first-order valence-corrected chi connectivity index (χ1v) is 5.28. The molecule has 0 aliphatic rings. The molecule has 0 bridgehead atoms. The molecule has 1 amide bonds. The molecule has 84 valence electrons. The molecule has 1 N–H and O–H groups in total. The van der Waals surface area contributed by atoms with Gasteiger partial charge < -0.3 is 0 Å². The van der Waals surface area contributed by atoms with Gasteiger partial charge in [0, 0.05) is 20.5 Å². The number of hydrazine groups is 1. The standard InChI is InChI=1S/C11H24N2O/c1-11(2,3)9-7-6-8-10(14)12-13(4)5/h6-9H2,1-5H3,(H,12,14). The van der Waals surface area contributed by atoms with Crippen LogP contribution in [-0.4, -0.2) is 25.0 Å². The predicted molar refractivity (Wildman–Crippen MR) is 59.8 cm³/mol. The number of amides is 1. The van der Waals surface area contributed by atoms with Crippen LogP contribution in [-0.2, 0) is 4.79 Å². The minimum absolute atomic E-state index is 0.115. The van der Waals surface area contributed by atoms with Gasteiger partial charge in [-0.2, -0.15) is 0 Å². The lowest BCUT2D eigenvalue weighted by Gasteiger charge is -2.17. The largest absolute Gasteiger partial charge is 0.289 e. The molecule has 0 saturated carbocycles. The van der Waals surface area contributed by atoms with E-state index >= 15 is 0 Å². The van der Waals surface area contributed by atoms with Gasteiger partial charge in [0.2, 0.25) is 5.91 Å². The number of hydrogen-bond donors (Lipinski definition) is 1. The van der Waals surface area contributed by atoms with Gasteiger partial charge in [-0.05, 0) is 18.3 Å². The molecule has 0 heterocycles. The predicted octanol–water partition coefficient (Wildman–Crippen LogP) is 2.19. The molecule has 0 radical (unpaired) electrons. The van der Waals surface area contributed by atoms with Crippen molar-refractivity contribution in [2.75, 3.05) is 14.1 Å². The van der Waals surface area contributed by atoms with Crippen molar-refractivity contribution in [1.29, 1.82) is 0 Å². The van der Waals surface area contributed by atoms with Crippen LogP contribution in [0, 0.1) is 5.41 Å². The molecule has 0 fully saturated rings. The molecule has 0 saturated heterocycles. The SMILES string of the molecule is CN(C)NC(=O)CCCCC(C)(C)C. The molecule has 0 aromatic carbocycles.